The molecule has 0 N–H and O–H groups in total. The van der Waals surface area contributed by atoms with Crippen LogP contribution in [0, 0.1) is 0 Å². The molecule has 1 aliphatic carbocycles. The second-order valence-electron chi connectivity index (χ2n) is 14.9. The number of pyridine rings is 1. The van der Waals surface area contributed by atoms with E-state index < -0.39 is 0 Å². The molecule has 2 heteroatoms. The lowest BCUT2D eigenvalue weighted by molar-refractivity contribution is 0.589. The maximum Gasteiger partial charge on any atom is 0.0701 e. The highest BCUT2D eigenvalue weighted by atomic mass is 15.0. The highest BCUT2D eigenvalue weighted by Gasteiger charge is 2.19. The molecule has 0 aliphatic heterocycles. The smallest absolute Gasteiger partial charge is 0.0701 e. The Hall–Kier alpha value is -5.99. The van der Waals surface area contributed by atoms with E-state index in [1.54, 1.807) is 0 Å². The number of hydrogen-bond acceptors (Lipinski definition) is 1. The molecule has 4 bridgehead atoms. The predicted octanol–water partition coefficient (Wildman–Crippen LogP) is 12.7. The molecular formula is C49H40N2. The van der Waals surface area contributed by atoms with Crippen molar-refractivity contribution < 1.29 is 0 Å². The molecule has 0 atom stereocenters. The van der Waals surface area contributed by atoms with Crippen LogP contribution < -0.4 is 0 Å². The van der Waals surface area contributed by atoms with Gasteiger partial charge in [-0.15, -0.1) is 0 Å². The Labute approximate surface area is 300 Å². The second kappa shape index (κ2) is 12.4. The lowest BCUT2D eigenvalue weighted by Gasteiger charge is -2.22. The van der Waals surface area contributed by atoms with Crippen molar-refractivity contribution in [3.05, 3.63) is 180 Å². The van der Waals surface area contributed by atoms with Crippen molar-refractivity contribution in [2.75, 3.05) is 0 Å². The quantitative estimate of drug-likeness (QED) is 0.184. The number of aryl methyl sites for hydroxylation is 2. The molecule has 0 saturated heterocycles. The van der Waals surface area contributed by atoms with E-state index in [2.05, 4.69) is 176 Å². The molecule has 0 amide bonds. The van der Waals surface area contributed by atoms with Crippen molar-refractivity contribution in [2.45, 2.75) is 39.0 Å². The maximum absolute atomic E-state index is 4.59. The van der Waals surface area contributed by atoms with Gasteiger partial charge < -0.3 is 4.57 Å². The minimum atomic E-state index is 0.0793. The molecule has 2 aromatic heterocycles. The summed E-state index contributed by atoms with van der Waals surface area (Å²) in [6, 6.07) is 53.6. The first kappa shape index (κ1) is 31.0. The van der Waals surface area contributed by atoms with E-state index in [0.29, 0.717) is 0 Å². The lowest BCUT2D eigenvalue weighted by Crippen LogP contribution is -2.12. The average molecular weight is 657 g/mol. The number of hydrogen-bond donors (Lipinski definition) is 0. The molecule has 0 saturated carbocycles. The van der Waals surface area contributed by atoms with E-state index in [1.807, 2.05) is 18.3 Å². The van der Waals surface area contributed by atoms with Gasteiger partial charge in [0.25, 0.3) is 0 Å². The van der Waals surface area contributed by atoms with Crippen LogP contribution in [0.5, 0.6) is 0 Å². The maximum atomic E-state index is 4.59. The zero-order valence-corrected chi connectivity index (χ0v) is 29.4. The van der Waals surface area contributed by atoms with E-state index in [1.165, 1.54) is 77.6 Å². The first-order chi connectivity index (χ1) is 24.9. The van der Waals surface area contributed by atoms with Crippen LogP contribution >= 0.6 is 0 Å². The number of aromatic nitrogens is 2. The summed E-state index contributed by atoms with van der Waals surface area (Å²) in [7, 11) is 0. The van der Waals surface area contributed by atoms with Gasteiger partial charge in [-0.1, -0.05) is 136 Å². The lowest BCUT2D eigenvalue weighted by atomic mass is 9.83. The molecule has 2 heterocycles. The Morgan fingerprint density at radius 2 is 1.27 bits per heavy atom. The van der Waals surface area contributed by atoms with Crippen LogP contribution in [0.2, 0.25) is 0 Å². The van der Waals surface area contributed by atoms with Gasteiger partial charge in [-0.25, -0.2) is 0 Å². The fourth-order valence-electron chi connectivity index (χ4n) is 7.75. The predicted molar refractivity (Wildman–Crippen MR) is 216 cm³/mol. The van der Waals surface area contributed by atoms with Crippen LogP contribution in [0.3, 0.4) is 0 Å². The first-order valence-corrected chi connectivity index (χ1v) is 18.0. The van der Waals surface area contributed by atoms with Gasteiger partial charge in [-0.2, -0.15) is 0 Å². The highest BCUT2D eigenvalue weighted by Crippen LogP contribution is 2.39. The zero-order chi connectivity index (χ0) is 34.5. The Morgan fingerprint density at radius 1 is 0.549 bits per heavy atom. The van der Waals surface area contributed by atoms with Crippen LogP contribution in [-0.4, -0.2) is 9.55 Å². The molecule has 51 heavy (non-hydrogen) atoms. The van der Waals surface area contributed by atoms with Crippen molar-refractivity contribution in [3.63, 3.8) is 0 Å². The van der Waals surface area contributed by atoms with E-state index in [0.717, 1.165) is 24.1 Å². The van der Waals surface area contributed by atoms with Crippen LogP contribution in [0.25, 0.3) is 73.2 Å². The molecule has 2 nitrogen and oxygen atoms in total. The summed E-state index contributed by atoms with van der Waals surface area (Å²) in [4.78, 5) is 4.59. The van der Waals surface area contributed by atoms with Crippen molar-refractivity contribution in [2.24, 2.45) is 0 Å². The number of nitrogens with zero attached hydrogens (tertiary/aromatic N) is 2. The number of para-hydroxylation sites is 2. The monoisotopic (exact) mass is 656 g/mol. The van der Waals surface area contributed by atoms with Gasteiger partial charge in [0, 0.05) is 28.2 Å². The van der Waals surface area contributed by atoms with Crippen molar-refractivity contribution in [1.29, 1.82) is 0 Å². The summed E-state index contributed by atoms with van der Waals surface area (Å²) >= 11 is 0. The van der Waals surface area contributed by atoms with Gasteiger partial charge >= 0.3 is 0 Å². The van der Waals surface area contributed by atoms with Crippen molar-refractivity contribution in [1.82, 2.24) is 9.55 Å². The van der Waals surface area contributed by atoms with Gasteiger partial charge in [-0.05, 0) is 111 Å². The number of benzene rings is 6. The van der Waals surface area contributed by atoms with Gasteiger partial charge in [0.15, 0.2) is 0 Å². The summed E-state index contributed by atoms with van der Waals surface area (Å²) in [6.07, 6.45) is 8.43. The fraction of sp³-hybridized carbons (Fsp3) is 0.122. The molecular weight excluding hydrogens is 617 g/mol. The average Bonchev–Trinajstić information content (AvgIpc) is 3.50. The third kappa shape index (κ3) is 5.77. The molecule has 0 unspecified atom stereocenters. The third-order valence-corrected chi connectivity index (χ3v) is 10.4. The Morgan fingerprint density at radius 3 is 2.00 bits per heavy atom. The van der Waals surface area contributed by atoms with Crippen LogP contribution in [0.15, 0.2) is 152 Å². The molecule has 0 fully saturated rings. The van der Waals surface area contributed by atoms with E-state index >= 15 is 0 Å². The summed E-state index contributed by atoms with van der Waals surface area (Å²) in [5, 5.41) is 2.55. The van der Waals surface area contributed by atoms with Crippen LogP contribution in [0.4, 0.5) is 0 Å². The molecule has 1 aliphatic rings. The van der Waals surface area contributed by atoms with Gasteiger partial charge in [0.1, 0.15) is 0 Å². The first-order valence-electron chi connectivity index (χ1n) is 18.0. The molecule has 6 aromatic carbocycles. The Kier molecular flexibility index (Phi) is 7.55. The van der Waals surface area contributed by atoms with Crippen LogP contribution in [-0.2, 0) is 18.3 Å². The Bertz CT molecular complexity index is 2540. The molecule has 8 aromatic rings. The summed E-state index contributed by atoms with van der Waals surface area (Å²) in [6.45, 7) is 6.93. The fourth-order valence-corrected chi connectivity index (χ4v) is 7.75. The largest absolute Gasteiger partial charge is 0.309 e. The Balaban J connectivity index is 1.23. The summed E-state index contributed by atoms with van der Waals surface area (Å²) in [5.41, 5.74) is 17.4. The topological polar surface area (TPSA) is 17.8 Å². The molecule has 9 rings (SSSR count). The van der Waals surface area contributed by atoms with Crippen molar-refractivity contribution in [3.8, 4) is 39.2 Å². The standard InChI is InChI=1S/C49H40N2/c1-49(2,3)40-28-33-18-20-38-30-39(21-19-34(27-33)29-40)45(32-44(38)35-22-24-36(25-23-35)46-15-8-9-26-50-46)37-11-10-12-41(31-37)51-47-16-6-4-13-42(47)43-14-5-7-17-48(43)51/h4-18,20,22-32H,19,21H2,1-3H3. The summed E-state index contributed by atoms with van der Waals surface area (Å²) < 4.78 is 2.42. The van der Waals surface area contributed by atoms with E-state index in [4.69, 9.17) is 0 Å². The van der Waals surface area contributed by atoms with Crippen molar-refractivity contribution >= 4 is 34.0 Å². The molecule has 0 spiro atoms. The number of fused-ring (bicyclic) bond motifs is 7. The van der Waals surface area contributed by atoms with E-state index in [9.17, 15) is 0 Å². The van der Waals surface area contributed by atoms with E-state index in [-0.39, 0.29) is 5.41 Å². The minimum Gasteiger partial charge on any atom is -0.309 e. The highest BCUT2D eigenvalue weighted by molar-refractivity contribution is 6.09. The normalized spacial score (nSPS) is 12.8. The van der Waals surface area contributed by atoms with Gasteiger partial charge in [0.2, 0.25) is 0 Å². The summed E-state index contributed by atoms with van der Waals surface area (Å²) in [5.74, 6) is 0. The third-order valence-electron chi connectivity index (χ3n) is 10.4. The minimum absolute atomic E-state index is 0.0793. The van der Waals surface area contributed by atoms with Gasteiger partial charge in [0.05, 0.1) is 16.7 Å². The number of rotatable bonds is 4. The zero-order valence-electron chi connectivity index (χ0n) is 29.4. The molecule has 246 valence electrons. The van der Waals surface area contributed by atoms with Gasteiger partial charge in [-0.3, -0.25) is 4.98 Å². The SMILES string of the molecule is CC(C)(C)c1cc2cc(c1)CCc1cc(c(-c3ccc(-c4ccccn4)cc3)cc1-c1cccc(-n3c4ccccc4c4ccccc43)c1)C=C2. The second-order valence-corrected chi connectivity index (χ2v) is 14.9. The molecule has 0 radical (unpaired) electrons. The van der Waals surface area contributed by atoms with Crippen LogP contribution in [0.1, 0.15) is 48.6 Å².